The average Bonchev–Trinajstić information content (AvgIpc) is 3.13. The van der Waals surface area contributed by atoms with Crippen LogP contribution in [-0.2, 0) is 6.54 Å². The Hall–Kier alpha value is -2.71. The first-order chi connectivity index (χ1) is 14.5. The van der Waals surface area contributed by atoms with Gasteiger partial charge in [-0.15, -0.1) is 5.10 Å². The van der Waals surface area contributed by atoms with Gasteiger partial charge in [0.05, 0.1) is 5.69 Å². The third kappa shape index (κ3) is 4.71. The van der Waals surface area contributed by atoms with E-state index in [1.807, 2.05) is 24.8 Å². The molecule has 2 heterocycles. The zero-order valence-electron chi connectivity index (χ0n) is 17.1. The molecule has 0 atom stereocenters. The van der Waals surface area contributed by atoms with Crippen LogP contribution in [0, 0.1) is 19.7 Å². The first-order valence-electron chi connectivity index (χ1n) is 9.90. The Kier molecular flexibility index (Phi) is 6.15. The molecule has 1 amide bonds. The molecule has 1 aliphatic heterocycles. The molecule has 8 heteroatoms. The maximum Gasteiger partial charge on any atom is 0.295 e. The minimum atomic E-state index is -0.372. The average molecular weight is 426 g/mol. The summed E-state index contributed by atoms with van der Waals surface area (Å²) in [4.78, 5) is 19.4. The van der Waals surface area contributed by atoms with E-state index in [1.54, 1.807) is 19.1 Å². The van der Waals surface area contributed by atoms with Crippen molar-refractivity contribution in [1.82, 2.24) is 19.7 Å². The van der Waals surface area contributed by atoms with Crippen LogP contribution in [0.1, 0.15) is 27.6 Å². The van der Waals surface area contributed by atoms with Gasteiger partial charge >= 0.3 is 0 Å². The van der Waals surface area contributed by atoms with Crippen LogP contribution in [0.4, 0.5) is 10.1 Å². The van der Waals surface area contributed by atoms with E-state index in [9.17, 15) is 9.18 Å². The molecule has 2 aromatic carbocycles. The van der Waals surface area contributed by atoms with E-state index in [2.05, 4.69) is 32.4 Å². The van der Waals surface area contributed by atoms with Crippen molar-refractivity contribution in [3.8, 4) is 5.69 Å². The Bertz CT molecular complexity index is 1040. The van der Waals surface area contributed by atoms with Crippen LogP contribution in [0.3, 0.4) is 0 Å². The predicted molar refractivity (Wildman–Crippen MR) is 118 cm³/mol. The number of thioether (sulfide) groups is 1. The molecule has 0 aliphatic carbocycles. The van der Waals surface area contributed by atoms with E-state index in [1.165, 1.54) is 33.9 Å². The molecule has 1 N–H and O–H groups in total. The molecule has 0 bridgehead atoms. The van der Waals surface area contributed by atoms with Crippen LogP contribution < -0.4 is 5.32 Å². The molecule has 1 aliphatic rings. The molecular weight excluding hydrogens is 401 g/mol. The summed E-state index contributed by atoms with van der Waals surface area (Å²) in [5.74, 6) is 2.30. The highest BCUT2D eigenvalue weighted by Crippen LogP contribution is 2.20. The normalized spacial score (nSPS) is 14.6. The number of hydrogen-bond donors (Lipinski definition) is 1. The Labute approximate surface area is 179 Å². The number of aromatic nitrogens is 3. The molecule has 156 valence electrons. The lowest BCUT2D eigenvalue weighted by Gasteiger charge is -2.26. The summed E-state index contributed by atoms with van der Waals surface area (Å²) in [6.45, 7) is 6.90. The van der Waals surface area contributed by atoms with E-state index >= 15 is 0 Å². The Balaban J connectivity index is 1.46. The number of aryl methyl sites for hydroxylation is 2. The van der Waals surface area contributed by atoms with Gasteiger partial charge < -0.3 is 5.32 Å². The highest BCUT2D eigenvalue weighted by atomic mass is 32.2. The van der Waals surface area contributed by atoms with Crippen LogP contribution in [0.25, 0.3) is 5.69 Å². The first-order valence-corrected chi connectivity index (χ1v) is 11.1. The number of benzene rings is 2. The second-order valence-corrected chi connectivity index (χ2v) is 8.59. The smallest absolute Gasteiger partial charge is 0.295 e. The van der Waals surface area contributed by atoms with Gasteiger partial charge in [0.15, 0.2) is 0 Å². The Morgan fingerprint density at radius 2 is 1.87 bits per heavy atom. The van der Waals surface area contributed by atoms with Crippen molar-refractivity contribution < 1.29 is 9.18 Å². The third-order valence-corrected chi connectivity index (χ3v) is 6.03. The summed E-state index contributed by atoms with van der Waals surface area (Å²) >= 11 is 2.00. The minimum absolute atomic E-state index is 0.0751. The van der Waals surface area contributed by atoms with E-state index in [0.717, 1.165) is 30.9 Å². The minimum Gasteiger partial charge on any atom is -0.319 e. The lowest BCUT2D eigenvalue weighted by atomic mass is 10.1. The van der Waals surface area contributed by atoms with E-state index in [0.29, 0.717) is 11.5 Å². The zero-order valence-corrected chi connectivity index (χ0v) is 17.9. The summed E-state index contributed by atoms with van der Waals surface area (Å²) < 4.78 is 14.7. The number of carbonyl (C=O) groups is 1. The molecular formula is C22H24FN5OS. The second kappa shape index (κ2) is 8.97. The van der Waals surface area contributed by atoms with Crippen LogP contribution in [-0.4, -0.2) is 50.2 Å². The fraction of sp³-hybridized carbons (Fsp3) is 0.318. The summed E-state index contributed by atoms with van der Waals surface area (Å²) in [5, 5.41) is 7.20. The molecule has 1 saturated heterocycles. The van der Waals surface area contributed by atoms with Crippen molar-refractivity contribution in [3.05, 3.63) is 71.1 Å². The van der Waals surface area contributed by atoms with E-state index < -0.39 is 0 Å². The number of nitrogens with one attached hydrogen (secondary N) is 1. The summed E-state index contributed by atoms with van der Waals surface area (Å²) in [5.41, 5.74) is 3.64. The molecule has 6 nitrogen and oxygen atoms in total. The topological polar surface area (TPSA) is 63.1 Å². The SMILES string of the molecule is Cc1cc(CN2CCSCC2)ccc1NC(=O)c1nc(C)n(-c2ccc(F)cc2)n1. The molecule has 1 aromatic heterocycles. The molecule has 1 fully saturated rings. The van der Waals surface area contributed by atoms with Gasteiger partial charge in [0.2, 0.25) is 5.82 Å². The number of halogens is 1. The molecule has 0 saturated carbocycles. The summed E-state index contributed by atoms with van der Waals surface area (Å²) in [7, 11) is 0. The molecule has 0 unspecified atom stereocenters. The quantitative estimate of drug-likeness (QED) is 0.673. The number of amides is 1. The predicted octanol–water partition coefficient (Wildman–Crippen LogP) is 3.82. The van der Waals surface area contributed by atoms with Crippen LogP contribution in [0.5, 0.6) is 0 Å². The van der Waals surface area contributed by atoms with Gasteiger partial charge in [-0.2, -0.15) is 11.8 Å². The number of hydrogen-bond acceptors (Lipinski definition) is 5. The highest BCUT2D eigenvalue weighted by Gasteiger charge is 2.17. The second-order valence-electron chi connectivity index (χ2n) is 7.36. The lowest BCUT2D eigenvalue weighted by molar-refractivity contribution is 0.101. The van der Waals surface area contributed by atoms with Crippen LogP contribution >= 0.6 is 11.8 Å². The maximum atomic E-state index is 13.2. The van der Waals surface area contributed by atoms with E-state index in [-0.39, 0.29) is 17.5 Å². The molecule has 4 rings (SSSR count). The van der Waals surface area contributed by atoms with Gasteiger partial charge in [0.1, 0.15) is 11.6 Å². The summed E-state index contributed by atoms with van der Waals surface area (Å²) in [6.07, 6.45) is 0. The van der Waals surface area contributed by atoms with Crippen molar-refractivity contribution in [2.75, 3.05) is 29.9 Å². The van der Waals surface area contributed by atoms with Crippen molar-refractivity contribution in [1.29, 1.82) is 0 Å². The monoisotopic (exact) mass is 425 g/mol. The summed E-state index contributed by atoms with van der Waals surface area (Å²) in [6, 6.07) is 12.0. The number of rotatable bonds is 5. The Morgan fingerprint density at radius 3 is 2.57 bits per heavy atom. The van der Waals surface area contributed by atoms with Crippen molar-refractivity contribution in [2.24, 2.45) is 0 Å². The van der Waals surface area contributed by atoms with Gasteiger partial charge in [-0.25, -0.2) is 14.1 Å². The van der Waals surface area contributed by atoms with Crippen molar-refractivity contribution >= 4 is 23.4 Å². The largest absolute Gasteiger partial charge is 0.319 e. The van der Waals surface area contributed by atoms with Gasteiger partial charge in [-0.1, -0.05) is 12.1 Å². The number of carbonyl (C=O) groups excluding carboxylic acids is 1. The Morgan fingerprint density at radius 1 is 1.13 bits per heavy atom. The molecule has 0 radical (unpaired) electrons. The molecule has 30 heavy (non-hydrogen) atoms. The van der Waals surface area contributed by atoms with Crippen LogP contribution in [0.15, 0.2) is 42.5 Å². The van der Waals surface area contributed by atoms with Crippen molar-refractivity contribution in [3.63, 3.8) is 0 Å². The number of nitrogens with zero attached hydrogens (tertiary/aromatic N) is 4. The fourth-order valence-corrected chi connectivity index (χ4v) is 4.45. The molecule has 0 spiro atoms. The van der Waals surface area contributed by atoms with Crippen molar-refractivity contribution in [2.45, 2.75) is 20.4 Å². The standard InChI is InChI=1S/C22H24FN5OS/c1-15-13-17(14-27-9-11-30-12-10-27)3-8-20(15)25-22(29)21-24-16(2)28(26-21)19-6-4-18(23)5-7-19/h3-8,13H,9-12,14H2,1-2H3,(H,25,29). The van der Waals surface area contributed by atoms with E-state index in [4.69, 9.17) is 0 Å². The lowest BCUT2D eigenvalue weighted by Crippen LogP contribution is -2.31. The first kappa shape index (κ1) is 20.6. The van der Waals surface area contributed by atoms with Crippen LogP contribution in [0.2, 0.25) is 0 Å². The van der Waals surface area contributed by atoms with Gasteiger partial charge in [-0.05, 0) is 55.3 Å². The number of anilines is 1. The van der Waals surface area contributed by atoms with Gasteiger partial charge in [-0.3, -0.25) is 9.69 Å². The maximum absolute atomic E-state index is 13.2. The van der Waals surface area contributed by atoms with Gasteiger partial charge in [0.25, 0.3) is 5.91 Å². The zero-order chi connectivity index (χ0) is 21.1. The molecule has 3 aromatic rings. The third-order valence-electron chi connectivity index (χ3n) is 5.09. The highest BCUT2D eigenvalue weighted by molar-refractivity contribution is 7.99. The van der Waals surface area contributed by atoms with Gasteiger partial charge in [0, 0.05) is 36.8 Å². The fourth-order valence-electron chi connectivity index (χ4n) is 3.47.